The van der Waals surface area contributed by atoms with Gasteiger partial charge in [0.15, 0.2) is 0 Å². The second kappa shape index (κ2) is 12.5. The smallest absolute Gasteiger partial charge is 0.518 e. The third-order valence-electron chi connectivity index (χ3n) is 9.75. The molecule has 2 aliphatic rings. The van der Waals surface area contributed by atoms with E-state index in [9.17, 15) is 0 Å². The van der Waals surface area contributed by atoms with Gasteiger partial charge in [0.05, 0.1) is 16.9 Å². The predicted octanol–water partition coefficient (Wildman–Crippen LogP) is 8.80. The second-order valence-corrected chi connectivity index (χ2v) is 15.4. The van der Waals surface area contributed by atoms with Crippen LogP contribution in [0.1, 0.15) is 52.7 Å². The number of fused-ring (bicyclic) bond motifs is 5. The molecule has 0 radical (unpaired) electrons. The van der Waals surface area contributed by atoms with E-state index in [0.29, 0.717) is 11.6 Å². The van der Waals surface area contributed by atoms with Crippen LogP contribution in [0.15, 0.2) is 109 Å². The minimum atomic E-state index is -0.275. The summed E-state index contributed by atoms with van der Waals surface area (Å²) in [5.41, 5.74) is 8.65. The van der Waals surface area contributed by atoms with Crippen LogP contribution in [0.5, 0.6) is 34.6 Å². The van der Waals surface area contributed by atoms with E-state index in [-0.39, 0.29) is 38.6 Å². The van der Waals surface area contributed by atoms with Crippen molar-refractivity contribution in [3.8, 4) is 51.7 Å². The Balaban J connectivity index is 0.00000387. The van der Waals surface area contributed by atoms with Crippen LogP contribution in [0.3, 0.4) is 0 Å². The fourth-order valence-electron chi connectivity index (χ4n) is 7.02. The number of hydrogen-bond donors (Lipinski definition) is 0. The number of benzene rings is 5. The summed E-state index contributed by atoms with van der Waals surface area (Å²) in [6.45, 7) is 12.9. The maximum atomic E-state index is 6.72. The number of para-hydroxylation sites is 3. The molecule has 0 fully saturated rings. The molecular formula is C44H36BN3O3Pt. The number of aromatic nitrogens is 3. The van der Waals surface area contributed by atoms with Crippen molar-refractivity contribution in [2.24, 2.45) is 0 Å². The molecule has 0 bridgehead atoms. The van der Waals surface area contributed by atoms with Gasteiger partial charge in [-0.3, -0.25) is 4.98 Å². The molecule has 0 spiro atoms. The van der Waals surface area contributed by atoms with Crippen LogP contribution in [0.2, 0.25) is 0 Å². The third-order valence-corrected chi connectivity index (χ3v) is 9.75. The van der Waals surface area contributed by atoms with Crippen molar-refractivity contribution in [3.63, 3.8) is 0 Å². The van der Waals surface area contributed by atoms with Gasteiger partial charge >= 0.3 is 21.1 Å². The molecular weight excluding hydrogens is 824 g/mol. The third kappa shape index (κ3) is 5.82. The van der Waals surface area contributed by atoms with Crippen molar-refractivity contribution >= 4 is 34.1 Å². The molecule has 7 aromatic rings. The van der Waals surface area contributed by atoms with Crippen molar-refractivity contribution in [1.82, 2.24) is 14.5 Å². The monoisotopic (exact) mass is 860 g/mol. The summed E-state index contributed by atoms with van der Waals surface area (Å²) >= 11 is 0. The van der Waals surface area contributed by atoms with Gasteiger partial charge < -0.3 is 18.8 Å². The average molecular weight is 861 g/mol. The summed E-state index contributed by atoms with van der Waals surface area (Å²) in [6, 6.07) is 42.2. The largest absolute Gasteiger partial charge is 2.00 e. The zero-order valence-electron chi connectivity index (χ0n) is 29.9. The van der Waals surface area contributed by atoms with Gasteiger partial charge in [0, 0.05) is 40.7 Å². The number of nitrogens with zero attached hydrogens (tertiary/aromatic N) is 3. The summed E-state index contributed by atoms with van der Waals surface area (Å²) in [5, 5.41) is 0. The Hall–Kier alpha value is -5.13. The van der Waals surface area contributed by atoms with Crippen molar-refractivity contribution in [2.75, 3.05) is 0 Å². The molecule has 0 N–H and O–H groups in total. The molecule has 5 aromatic carbocycles. The summed E-state index contributed by atoms with van der Waals surface area (Å²) < 4.78 is 22.0. The number of imidazole rings is 1. The Bertz CT molecular complexity index is 2480. The van der Waals surface area contributed by atoms with E-state index < -0.39 is 0 Å². The normalized spacial score (nSPS) is 12.9. The molecule has 0 aliphatic carbocycles. The molecule has 258 valence electrons. The summed E-state index contributed by atoms with van der Waals surface area (Å²) in [5.74, 6) is 4.89. The average Bonchev–Trinajstić information content (AvgIpc) is 3.51. The van der Waals surface area contributed by atoms with Gasteiger partial charge in [0.25, 0.3) is 0 Å². The number of pyridine rings is 1. The Morgan fingerprint density at radius 3 is 2.04 bits per heavy atom. The SMILES string of the molecule is CC(C)(C)c1ccnc(Oc2[c-]c3c(cc2)Oc2cc(C(C)(C)C)cc4c2B3c2[c-]c(-c3nc5ccccc5n3-c3ccccc3)ccc2O4)c1.[Pt+2]. The Morgan fingerprint density at radius 1 is 0.673 bits per heavy atom. The minimum absolute atomic E-state index is 0. The first kappa shape index (κ1) is 34.0. The zero-order valence-corrected chi connectivity index (χ0v) is 32.1. The van der Waals surface area contributed by atoms with Gasteiger partial charge in [0.2, 0.25) is 12.6 Å². The van der Waals surface area contributed by atoms with Crippen LogP contribution in [-0.4, -0.2) is 21.2 Å². The molecule has 0 unspecified atom stereocenters. The van der Waals surface area contributed by atoms with Gasteiger partial charge in [-0.2, -0.15) is 0 Å². The van der Waals surface area contributed by atoms with Crippen molar-refractivity contribution < 1.29 is 35.3 Å². The minimum Gasteiger partial charge on any atom is -0.518 e. The van der Waals surface area contributed by atoms with Gasteiger partial charge in [-0.05, 0) is 64.4 Å². The van der Waals surface area contributed by atoms with E-state index in [0.717, 1.165) is 78.6 Å². The number of hydrogen-bond acceptors (Lipinski definition) is 5. The van der Waals surface area contributed by atoms with E-state index in [1.165, 1.54) is 0 Å². The first-order valence-corrected chi connectivity index (χ1v) is 17.4. The van der Waals surface area contributed by atoms with E-state index in [1.807, 2.05) is 66.7 Å². The Morgan fingerprint density at radius 2 is 1.33 bits per heavy atom. The fraction of sp³-hybridized carbons (Fsp3) is 0.182. The van der Waals surface area contributed by atoms with Crippen molar-refractivity contribution in [2.45, 2.75) is 52.4 Å². The van der Waals surface area contributed by atoms with Crippen LogP contribution in [-0.2, 0) is 31.9 Å². The first-order valence-electron chi connectivity index (χ1n) is 17.4. The number of ether oxygens (including phenoxy) is 3. The molecule has 52 heavy (non-hydrogen) atoms. The molecule has 0 saturated heterocycles. The molecule has 2 aliphatic heterocycles. The van der Waals surface area contributed by atoms with E-state index in [1.54, 1.807) is 6.20 Å². The topological polar surface area (TPSA) is 58.4 Å². The zero-order chi connectivity index (χ0) is 35.1. The molecule has 0 atom stereocenters. The second-order valence-electron chi connectivity index (χ2n) is 15.4. The first-order chi connectivity index (χ1) is 24.5. The van der Waals surface area contributed by atoms with E-state index in [2.05, 4.69) is 99.6 Å². The standard InChI is InChI=1S/C44H36BN3O3.Pt/c1-43(2,3)28-20-21-46-40(25-28)49-31-17-19-37-33(26-31)45-32-22-27(42-47-34-14-10-11-15-35(34)48(42)30-12-8-7-9-13-30)16-18-36(32)50-38-23-29(44(4,5)6)24-39(51-37)41(38)45;/h7-21,23-25H,1-6H3;/q-2;+2. The van der Waals surface area contributed by atoms with Crippen LogP contribution in [0, 0.1) is 12.1 Å². The van der Waals surface area contributed by atoms with Crippen molar-refractivity contribution in [3.05, 3.63) is 133 Å². The molecule has 8 heteroatoms. The Labute approximate surface area is 319 Å². The van der Waals surface area contributed by atoms with Gasteiger partial charge in [-0.25, -0.2) is 4.98 Å². The molecule has 2 aromatic heterocycles. The van der Waals surface area contributed by atoms with Crippen LogP contribution < -0.4 is 30.6 Å². The predicted molar refractivity (Wildman–Crippen MR) is 204 cm³/mol. The van der Waals surface area contributed by atoms with E-state index >= 15 is 0 Å². The molecule has 0 amide bonds. The fourth-order valence-corrected chi connectivity index (χ4v) is 7.02. The van der Waals surface area contributed by atoms with Gasteiger partial charge in [0.1, 0.15) is 11.5 Å². The molecule has 4 heterocycles. The van der Waals surface area contributed by atoms with Crippen LogP contribution >= 0.6 is 0 Å². The number of rotatable bonds is 4. The van der Waals surface area contributed by atoms with Gasteiger partial charge in [-0.1, -0.05) is 71.9 Å². The summed E-state index contributed by atoms with van der Waals surface area (Å²) in [6.07, 6.45) is 1.79. The maximum Gasteiger partial charge on any atom is 2.00 e. The maximum absolute atomic E-state index is 6.72. The quantitative estimate of drug-likeness (QED) is 0.131. The molecule has 9 rings (SSSR count). The van der Waals surface area contributed by atoms with E-state index in [4.69, 9.17) is 19.2 Å². The van der Waals surface area contributed by atoms with Crippen LogP contribution in [0.25, 0.3) is 28.1 Å². The molecule has 6 nitrogen and oxygen atoms in total. The summed E-state index contributed by atoms with van der Waals surface area (Å²) in [7, 11) is 0. The van der Waals surface area contributed by atoms with Crippen molar-refractivity contribution in [1.29, 1.82) is 0 Å². The van der Waals surface area contributed by atoms with Crippen LogP contribution in [0.4, 0.5) is 0 Å². The summed E-state index contributed by atoms with van der Waals surface area (Å²) in [4.78, 5) is 9.65. The Kier molecular flexibility index (Phi) is 8.19. The molecule has 0 saturated carbocycles. The van der Waals surface area contributed by atoms with Gasteiger partial charge in [-0.15, -0.1) is 52.9 Å².